The molecule has 1 spiro atoms. The van der Waals surface area contributed by atoms with Gasteiger partial charge in [-0.05, 0) is 25.2 Å². The van der Waals surface area contributed by atoms with Crippen LogP contribution in [0.15, 0.2) is 0 Å². The minimum atomic E-state index is -0.0601. The summed E-state index contributed by atoms with van der Waals surface area (Å²) in [5, 5.41) is 9.47. The second kappa shape index (κ2) is 2.46. The molecule has 2 heteroatoms. The fourth-order valence-electron chi connectivity index (χ4n) is 2.29. The van der Waals surface area contributed by atoms with Gasteiger partial charge in [0.1, 0.15) is 0 Å². The van der Waals surface area contributed by atoms with E-state index in [9.17, 15) is 5.11 Å². The van der Waals surface area contributed by atoms with Crippen molar-refractivity contribution in [1.82, 2.24) is 0 Å². The lowest BCUT2D eigenvalue weighted by Gasteiger charge is -2.50. The molecule has 1 saturated heterocycles. The Bertz CT molecular complexity index is 152. The highest BCUT2D eigenvalue weighted by Crippen LogP contribution is 2.46. The standard InChI is InChI=1S/C9H16O2/c1-7-2-3-8(10)4-9(7)5-11-6-9/h7-8,10H,2-6H2,1H3. The highest BCUT2D eigenvalue weighted by molar-refractivity contribution is 4.95. The third-order valence-corrected chi connectivity index (χ3v) is 3.40. The van der Waals surface area contributed by atoms with Crippen LogP contribution in [0.4, 0.5) is 0 Å². The number of ether oxygens (including phenoxy) is 1. The predicted molar refractivity (Wildman–Crippen MR) is 42.3 cm³/mol. The molecule has 0 aromatic rings. The SMILES string of the molecule is CC1CCC(O)CC12COC2. The van der Waals surface area contributed by atoms with Crippen molar-refractivity contribution in [2.75, 3.05) is 13.2 Å². The first-order valence-electron chi connectivity index (χ1n) is 4.49. The van der Waals surface area contributed by atoms with Crippen LogP contribution in [-0.2, 0) is 4.74 Å². The Kier molecular flexibility index (Phi) is 1.69. The molecule has 64 valence electrons. The smallest absolute Gasteiger partial charge is 0.0548 e. The third-order valence-electron chi connectivity index (χ3n) is 3.40. The van der Waals surface area contributed by atoms with Gasteiger partial charge in [-0.1, -0.05) is 6.92 Å². The van der Waals surface area contributed by atoms with Crippen LogP contribution in [0.5, 0.6) is 0 Å². The quantitative estimate of drug-likeness (QED) is 0.570. The molecule has 1 aliphatic carbocycles. The van der Waals surface area contributed by atoms with Gasteiger partial charge in [0.15, 0.2) is 0 Å². The highest BCUT2D eigenvalue weighted by atomic mass is 16.5. The van der Waals surface area contributed by atoms with E-state index in [1.165, 1.54) is 6.42 Å². The molecule has 1 aliphatic heterocycles. The Balaban J connectivity index is 2.04. The second-order valence-corrected chi connectivity index (χ2v) is 4.19. The van der Waals surface area contributed by atoms with Gasteiger partial charge < -0.3 is 9.84 Å². The zero-order valence-corrected chi connectivity index (χ0v) is 7.05. The molecule has 2 rings (SSSR count). The molecule has 1 N–H and O–H groups in total. The lowest BCUT2D eigenvalue weighted by atomic mass is 9.65. The number of hydrogen-bond acceptors (Lipinski definition) is 2. The van der Waals surface area contributed by atoms with Gasteiger partial charge in [0.25, 0.3) is 0 Å². The summed E-state index contributed by atoms with van der Waals surface area (Å²) in [4.78, 5) is 0. The normalized spacial score (nSPS) is 42.0. The van der Waals surface area contributed by atoms with Gasteiger partial charge in [-0.15, -0.1) is 0 Å². The fourth-order valence-corrected chi connectivity index (χ4v) is 2.29. The number of hydrogen-bond donors (Lipinski definition) is 1. The maximum absolute atomic E-state index is 9.47. The van der Waals surface area contributed by atoms with Crippen LogP contribution < -0.4 is 0 Å². The maximum atomic E-state index is 9.47. The summed E-state index contributed by atoms with van der Waals surface area (Å²) < 4.78 is 5.22. The summed E-state index contributed by atoms with van der Waals surface area (Å²) in [5.74, 6) is 0.750. The van der Waals surface area contributed by atoms with E-state index in [-0.39, 0.29) is 6.10 Å². The van der Waals surface area contributed by atoms with Crippen LogP contribution in [0.1, 0.15) is 26.2 Å². The van der Waals surface area contributed by atoms with Crippen LogP contribution in [0.25, 0.3) is 0 Å². The number of rotatable bonds is 0. The Morgan fingerprint density at radius 1 is 1.36 bits per heavy atom. The topological polar surface area (TPSA) is 29.5 Å². The average molecular weight is 156 g/mol. The molecule has 1 saturated carbocycles. The summed E-state index contributed by atoms with van der Waals surface area (Å²) in [6, 6.07) is 0. The third kappa shape index (κ3) is 1.09. The van der Waals surface area contributed by atoms with E-state index in [2.05, 4.69) is 6.92 Å². The molecule has 0 aromatic heterocycles. The first-order chi connectivity index (χ1) is 5.23. The van der Waals surface area contributed by atoms with Crippen molar-refractivity contribution in [1.29, 1.82) is 0 Å². The van der Waals surface area contributed by atoms with Gasteiger partial charge in [0.2, 0.25) is 0 Å². The first-order valence-corrected chi connectivity index (χ1v) is 4.49. The Hall–Kier alpha value is -0.0800. The van der Waals surface area contributed by atoms with E-state index < -0.39 is 0 Å². The molecule has 0 amide bonds. The van der Waals surface area contributed by atoms with Gasteiger partial charge in [-0.3, -0.25) is 0 Å². The lowest BCUT2D eigenvalue weighted by Crippen LogP contribution is -2.51. The van der Waals surface area contributed by atoms with Gasteiger partial charge in [0, 0.05) is 5.41 Å². The Labute approximate surface area is 67.6 Å². The van der Waals surface area contributed by atoms with Crippen molar-refractivity contribution in [2.24, 2.45) is 11.3 Å². The van der Waals surface area contributed by atoms with Crippen molar-refractivity contribution in [3.05, 3.63) is 0 Å². The summed E-state index contributed by atoms with van der Waals surface area (Å²) in [7, 11) is 0. The lowest BCUT2D eigenvalue weighted by molar-refractivity contribution is -0.176. The van der Waals surface area contributed by atoms with E-state index >= 15 is 0 Å². The van der Waals surface area contributed by atoms with E-state index in [0.29, 0.717) is 5.41 Å². The molecule has 0 aromatic carbocycles. The summed E-state index contributed by atoms with van der Waals surface area (Å²) >= 11 is 0. The zero-order valence-electron chi connectivity index (χ0n) is 7.05. The monoisotopic (exact) mass is 156 g/mol. The molecule has 2 aliphatic rings. The molecule has 11 heavy (non-hydrogen) atoms. The molecule has 0 radical (unpaired) electrons. The van der Waals surface area contributed by atoms with E-state index in [1.807, 2.05) is 0 Å². The van der Waals surface area contributed by atoms with E-state index in [1.54, 1.807) is 0 Å². The van der Waals surface area contributed by atoms with E-state index in [4.69, 9.17) is 4.74 Å². The molecule has 2 fully saturated rings. The Morgan fingerprint density at radius 2 is 2.09 bits per heavy atom. The minimum absolute atomic E-state index is 0.0601. The molecule has 1 heterocycles. The highest BCUT2D eigenvalue weighted by Gasteiger charge is 2.46. The molecule has 2 atom stereocenters. The second-order valence-electron chi connectivity index (χ2n) is 4.19. The summed E-state index contributed by atoms with van der Waals surface area (Å²) in [6.07, 6.45) is 3.07. The van der Waals surface area contributed by atoms with Crippen molar-refractivity contribution in [2.45, 2.75) is 32.3 Å². The molecule has 2 unspecified atom stereocenters. The number of aliphatic hydroxyl groups excluding tert-OH is 1. The van der Waals surface area contributed by atoms with Crippen LogP contribution in [-0.4, -0.2) is 24.4 Å². The van der Waals surface area contributed by atoms with Crippen molar-refractivity contribution in [3.63, 3.8) is 0 Å². The van der Waals surface area contributed by atoms with Crippen molar-refractivity contribution < 1.29 is 9.84 Å². The number of aliphatic hydroxyl groups is 1. The van der Waals surface area contributed by atoms with Crippen molar-refractivity contribution >= 4 is 0 Å². The van der Waals surface area contributed by atoms with Crippen LogP contribution in [0.2, 0.25) is 0 Å². The maximum Gasteiger partial charge on any atom is 0.0548 e. The van der Waals surface area contributed by atoms with Crippen molar-refractivity contribution in [3.8, 4) is 0 Å². The molecular formula is C9H16O2. The predicted octanol–water partition coefficient (Wildman–Crippen LogP) is 1.18. The van der Waals surface area contributed by atoms with E-state index in [0.717, 1.165) is 32.0 Å². The van der Waals surface area contributed by atoms with Crippen LogP contribution in [0.3, 0.4) is 0 Å². The zero-order chi connectivity index (χ0) is 7.90. The molecule has 0 bridgehead atoms. The van der Waals surface area contributed by atoms with Gasteiger partial charge in [-0.2, -0.15) is 0 Å². The van der Waals surface area contributed by atoms with Gasteiger partial charge in [-0.25, -0.2) is 0 Å². The summed E-state index contributed by atoms with van der Waals surface area (Å²) in [5.41, 5.74) is 0.359. The minimum Gasteiger partial charge on any atom is -0.393 e. The average Bonchev–Trinajstić information content (AvgIpc) is 1.91. The first kappa shape index (κ1) is 7.56. The molecule has 2 nitrogen and oxygen atoms in total. The van der Waals surface area contributed by atoms with Gasteiger partial charge >= 0.3 is 0 Å². The van der Waals surface area contributed by atoms with Gasteiger partial charge in [0.05, 0.1) is 19.3 Å². The largest absolute Gasteiger partial charge is 0.393 e. The van der Waals surface area contributed by atoms with Crippen LogP contribution in [0, 0.1) is 11.3 Å². The molecular weight excluding hydrogens is 140 g/mol. The van der Waals surface area contributed by atoms with Crippen LogP contribution >= 0.6 is 0 Å². The fraction of sp³-hybridized carbons (Fsp3) is 1.00. The Morgan fingerprint density at radius 3 is 2.55 bits per heavy atom. The summed E-state index contributed by atoms with van der Waals surface area (Å²) in [6.45, 7) is 4.05.